The van der Waals surface area contributed by atoms with Gasteiger partial charge >= 0.3 is 0 Å². The van der Waals surface area contributed by atoms with Crippen LogP contribution in [-0.4, -0.2) is 73.6 Å². The highest BCUT2D eigenvalue weighted by molar-refractivity contribution is 5.90. The van der Waals surface area contributed by atoms with E-state index in [1.54, 1.807) is 12.4 Å². The summed E-state index contributed by atoms with van der Waals surface area (Å²) in [6.45, 7) is 0.376. The zero-order valence-corrected chi connectivity index (χ0v) is 22.0. The number of anilines is 1. The normalized spacial score (nSPS) is 28.9. The summed E-state index contributed by atoms with van der Waals surface area (Å²) in [6.07, 6.45) is 12.1. The van der Waals surface area contributed by atoms with Crippen molar-refractivity contribution in [3.8, 4) is 0 Å². The number of carbonyl (C=O) groups excluding carboxylic acids is 1. The first-order valence-corrected chi connectivity index (χ1v) is 13.5. The van der Waals surface area contributed by atoms with Crippen LogP contribution in [0.3, 0.4) is 0 Å². The molecule has 37 heavy (non-hydrogen) atoms. The van der Waals surface area contributed by atoms with E-state index in [0.717, 1.165) is 49.8 Å². The predicted octanol–water partition coefficient (Wildman–Crippen LogP) is 3.65. The fourth-order valence-electron chi connectivity index (χ4n) is 6.72. The molecule has 0 bridgehead atoms. The number of aromatic nitrogens is 2. The minimum Gasteiger partial charge on any atom is -0.388 e. The molecule has 2 saturated carbocycles. The molecule has 0 radical (unpaired) electrons. The van der Waals surface area contributed by atoms with Crippen molar-refractivity contribution in [3.05, 3.63) is 59.5 Å². The number of nitrogens with zero attached hydrogens (tertiary/aromatic N) is 5. The highest BCUT2D eigenvalue weighted by Crippen LogP contribution is 2.52. The van der Waals surface area contributed by atoms with E-state index in [4.69, 9.17) is 0 Å². The molecule has 1 atom stereocenters. The smallest absolute Gasteiger partial charge is 0.237 e. The third-order valence-corrected chi connectivity index (χ3v) is 9.17. The van der Waals surface area contributed by atoms with Crippen molar-refractivity contribution in [2.75, 3.05) is 26.0 Å². The van der Waals surface area contributed by atoms with Crippen LogP contribution in [0.1, 0.15) is 69.8 Å². The minimum atomic E-state index is -0.787. The zero-order chi connectivity index (χ0) is 26.1. The molecule has 1 spiro atoms. The van der Waals surface area contributed by atoms with E-state index in [9.17, 15) is 14.8 Å². The van der Waals surface area contributed by atoms with Gasteiger partial charge in [-0.2, -0.15) is 0 Å². The molecular formula is C28H39N6O3+. The number of hydrogen-bond acceptors (Lipinski definition) is 6. The average Bonchev–Trinajstić information content (AvgIpc) is 3.13. The predicted molar refractivity (Wildman–Crippen MR) is 140 cm³/mol. The Kier molecular flexibility index (Phi) is 7.02. The Balaban J connectivity index is 1.32. The molecule has 2 aromatic rings. The number of rotatable bonds is 8. The summed E-state index contributed by atoms with van der Waals surface area (Å²) in [5, 5.41) is 15.8. The topological polar surface area (TPSA) is 102 Å². The average molecular weight is 508 g/mol. The van der Waals surface area contributed by atoms with Gasteiger partial charge in [-0.05, 0) is 64.6 Å². The second-order valence-corrected chi connectivity index (χ2v) is 11.5. The van der Waals surface area contributed by atoms with Gasteiger partial charge in [0.1, 0.15) is 23.3 Å². The summed E-state index contributed by atoms with van der Waals surface area (Å²) in [6, 6.07) is 10.4. The Morgan fingerprint density at radius 1 is 1.11 bits per heavy atom. The lowest BCUT2D eigenvalue weighted by molar-refractivity contribution is -0.725. The van der Waals surface area contributed by atoms with Gasteiger partial charge in [0.2, 0.25) is 11.9 Å². The van der Waals surface area contributed by atoms with Crippen molar-refractivity contribution >= 4 is 11.6 Å². The van der Waals surface area contributed by atoms with Crippen LogP contribution in [-0.2, 0) is 10.3 Å². The zero-order valence-electron chi connectivity index (χ0n) is 22.0. The Hall–Kier alpha value is -2.91. The molecule has 1 amide bonds. The maximum Gasteiger partial charge on any atom is 0.237 e. The van der Waals surface area contributed by atoms with Gasteiger partial charge in [0, 0.05) is 24.8 Å². The standard InChI is InChI=1S/C28H38N6O3/c1-32(2)28(22-7-4-3-5-8-22)15-13-26(14-16-28)17-24(34(37)33(26)20-27(36)11-6-12-27)9-10-25(35)31-23-18-29-21-30-19-23/h3-5,7-8,18-19,21,24,36H,6,9-17,20H2,1-2H3/p+1/t24-,26?,28?/m1/s1. The van der Waals surface area contributed by atoms with Crippen LogP contribution < -0.4 is 5.32 Å². The summed E-state index contributed by atoms with van der Waals surface area (Å²) < 4.78 is 0. The van der Waals surface area contributed by atoms with Crippen molar-refractivity contribution in [1.82, 2.24) is 19.9 Å². The summed E-state index contributed by atoms with van der Waals surface area (Å²) in [5.74, 6) is -0.146. The third-order valence-electron chi connectivity index (χ3n) is 9.17. The highest BCUT2D eigenvalue weighted by atomic mass is 16.3. The van der Waals surface area contributed by atoms with Gasteiger partial charge in [-0.1, -0.05) is 30.3 Å². The highest BCUT2D eigenvalue weighted by Gasteiger charge is 2.62. The molecule has 2 aliphatic carbocycles. The molecule has 5 rings (SSSR count). The first-order chi connectivity index (χ1) is 17.8. The summed E-state index contributed by atoms with van der Waals surface area (Å²) in [7, 11) is 4.29. The van der Waals surface area contributed by atoms with Crippen molar-refractivity contribution in [2.24, 2.45) is 0 Å². The second-order valence-electron chi connectivity index (χ2n) is 11.5. The van der Waals surface area contributed by atoms with E-state index in [1.807, 2.05) is 5.01 Å². The fourth-order valence-corrected chi connectivity index (χ4v) is 6.72. The summed E-state index contributed by atoms with van der Waals surface area (Å²) in [5.41, 5.74) is 0.709. The molecule has 9 nitrogen and oxygen atoms in total. The number of carbonyl (C=O) groups is 1. The number of nitrogens with one attached hydrogen (secondary N) is 1. The Labute approximate surface area is 218 Å². The van der Waals surface area contributed by atoms with E-state index >= 15 is 0 Å². The second kappa shape index (κ2) is 10.1. The quantitative estimate of drug-likeness (QED) is 0.526. The van der Waals surface area contributed by atoms with Crippen molar-refractivity contribution in [2.45, 2.75) is 86.9 Å². The lowest BCUT2D eigenvalue weighted by atomic mass is 9.66. The monoisotopic (exact) mass is 507 g/mol. The van der Waals surface area contributed by atoms with E-state index in [1.165, 1.54) is 11.9 Å². The van der Waals surface area contributed by atoms with E-state index < -0.39 is 5.60 Å². The molecule has 3 fully saturated rings. The third kappa shape index (κ3) is 4.99. The van der Waals surface area contributed by atoms with Crippen LogP contribution in [0.25, 0.3) is 0 Å². The van der Waals surface area contributed by atoms with Gasteiger partial charge in [0.15, 0.2) is 0 Å². The lowest BCUT2D eigenvalue weighted by Gasteiger charge is -2.50. The summed E-state index contributed by atoms with van der Waals surface area (Å²) in [4.78, 5) is 37.6. The molecule has 198 valence electrons. The molecule has 3 aliphatic rings. The van der Waals surface area contributed by atoms with Gasteiger partial charge in [-0.3, -0.25) is 9.69 Å². The van der Waals surface area contributed by atoms with E-state index in [0.29, 0.717) is 25.1 Å². The number of amides is 1. The maximum absolute atomic E-state index is 13.7. The van der Waals surface area contributed by atoms with E-state index in [-0.39, 0.29) is 29.4 Å². The molecule has 1 aromatic carbocycles. The molecular weight excluding hydrogens is 468 g/mol. The minimum absolute atomic E-state index is 0.0744. The number of benzene rings is 1. The van der Waals surface area contributed by atoms with Crippen LogP contribution in [0.15, 0.2) is 49.1 Å². The number of aliphatic hydroxyl groups is 1. The van der Waals surface area contributed by atoms with Crippen LogP contribution >= 0.6 is 0 Å². The summed E-state index contributed by atoms with van der Waals surface area (Å²) >= 11 is 0. The molecule has 1 aromatic heterocycles. The maximum atomic E-state index is 13.7. The SMILES string of the molecule is CN(C)C1(c2ccccc2)CCC2(CC1)C[C@@H](CCC(=O)Nc1cncnc1)[N+](=O)N2CC1(O)CCC1. The van der Waals surface area contributed by atoms with Gasteiger partial charge < -0.3 is 10.4 Å². The van der Waals surface area contributed by atoms with Crippen molar-refractivity contribution in [3.63, 3.8) is 0 Å². The van der Waals surface area contributed by atoms with Crippen LogP contribution in [0.4, 0.5) is 5.69 Å². The Morgan fingerprint density at radius 3 is 2.38 bits per heavy atom. The van der Waals surface area contributed by atoms with Gasteiger partial charge in [0.25, 0.3) is 0 Å². The van der Waals surface area contributed by atoms with Crippen LogP contribution in [0.2, 0.25) is 0 Å². The van der Waals surface area contributed by atoms with Gasteiger partial charge in [-0.25, -0.2) is 9.97 Å². The molecule has 0 unspecified atom stereocenters. The van der Waals surface area contributed by atoms with Crippen molar-refractivity contribution in [1.29, 1.82) is 0 Å². The largest absolute Gasteiger partial charge is 0.388 e. The molecule has 1 saturated heterocycles. The van der Waals surface area contributed by atoms with Crippen LogP contribution in [0, 0.1) is 4.91 Å². The molecule has 2 N–H and O–H groups in total. The van der Waals surface area contributed by atoms with Gasteiger partial charge in [0.05, 0.1) is 28.6 Å². The molecule has 2 heterocycles. The molecule has 1 aliphatic heterocycles. The first-order valence-electron chi connectivity index (χ1n) is 13.5. The number of β-amino-alcohol motifs (C(OH)–C–C–N with tert-alkyl or cyclic N) is 1. The molecule has 9 heteroatoms. The lowest BCUT2D eigenvalue weighted by Crippen LogP contribution is -2.59. The fraction of sp³-hybridized carbons (Fsp3) is 0.607. The number of hydrogen-bond donors (Lipinski definition) is 2. The number of hydrazine groups is 1. The van der Waals surface area contributed by atoms with Gasteiger partial charge in [-0.15, -0.1) is 5.01 Å². The number of nitroso groups, excluding NO2 is 1. The first kappa shape index (κ1) is 25.7. The Bertz CT molecular complexity index is 1100. The van der Waals surface area contributed by atoms with E-state index in [2.05, 4.69) is 64.6 Å². The Morgan fingerprint density at radius 2 is 1.78 bits per heavy atom. The van der Waals surface area contributed by atoms with Crippen LogP contribution in [0.5, 0.6) is 0 Å². The van der Waals surface area contributed by atoms with Crippen molar-refractivity contribution < 1.29 is 14.8 Å².